The van der Waals surface area contributed by atoms with Gasteiger partial charge in [0.1, 0.15) is 5.82 Å². The van der Waals surface area contributed by atoms with Gasteiger partial charge < -0.3 is 0 Å². The quantitative estimate of drug-likeness (QED) is 0.833. The number of H-pyrrole nitrogens is 1. The summed E-state index contributed by atoms with van der Waals surface area (Å²) in [5, 5.41) is 10.2. The Hall–Kier alpha value is -1.71. The SMILES string of the molecule is Cc1ccc(CCc2cn[nH]n2)c(F)c1. The van der Waals surface area contributed by atoms with Crippen molar-refractivity contribution in [3.8, 4) is 0 Å². The molecule has 0 bridgehead atoms. The lowest BCUT2D eigenvalue weighted by Crippen LogP contribution is -1.95. The van der Waals surface area contributed by atoms with E-state index >= 15 is 0 Å². The number of aromatic nitrogens is 3. The molecule has 1 heterocycles. The van der Waals surface area contributed by atoms with Crippen molar-refractivity contribution in [2.45, 2.75) is 19.8 Å². The van der Waals surface area contributed by atoms with Crippen LogP contribution in [0.15, 0.2) is 24.4 Å². The fraction of sp³-hybridized carbons (Fsp3) is 0.273. The van der Waals surface area contributed by atoms with Crippen molar-refractivity contribution in [3.63, 3.8) is 0 Å². The third-order valence-electron chi connectivity index (χ3n) is 2.32. The molecular formula is C11H12FN3. The number of nitrogens with zero attached hydrogens (tertiary/aromatic N) is 2. The molecule has 0 saturated heterocycles. The zero-order chi connectivity index (χ0) is 10.7. The first-order valence-corrected chi connectivity index (χ1v) is 4.85. The van der Waals surface area contributed by atoms with E-state index in [4.69, 9.17) is 0 Å². The molecule has 15 heavy (non-hydrogen) atoms. The number of benzene rings is 1. The Morgan fingerprint density at radius 2 is 2.20 bits per heavy atom. The molecule has 0 radical (unpaired) electrons. The van der Waals surface area contributed by atoms with E-state index in [1.165, 1.54) is 0 Å². The van der Waals surface area contributed by atoms with E-state index < -0.39 is 0 Å². The van der Waals surface area contributed by atoms with Gasteiger partial charge in [0.2, 0.25) is 0 Å². The van der Waals surface area contributed by atoms with E-state index in [0.29, 0.717) is 12.8 Å². The second kappa shape index (κ2) is 4.21. The number of halogens is 1. The van der Waals surface area contributed by atoms with Crippen LogP contribution in [0, 0.1) is 12.7 Å². The van der Waals surface area contributed by atoms with E-state index in [1.807, 2.05) is 19.1 Å². The molecule has 2 aromatic rings. The topological polar surface area (TPSA) is 41.6 Å². The van der Waals surface area contributed by atoms with Gasteiger partial charge in [-0.3, -0.25) is 0 Å². The Morgan fingerprint density at radius 1 is 1.33 bits per heavy atom. The fourth-order valence-electron chi connectivity index (χ4n) is 1.46. The smallest absolute Gasteiger partial charge is 0.126 e. The predicted molar refractivity (Wildman–Crippen MR) is 54.9 cm³/mol. The first-order chi connectivity index (χ1) is 7.25. The average Bonchev–Trinajstić information content (AvgIpc) is 2.69. The minimum atomic E-state index is -0.140. The van der Waals surface area contributed by atoms with Crippen LogP contribution in [-0.4, -0.2) is 15.4 Å². The molecule has 0 aliphatic rings. The highest BCUT2D eigenvalue weighted by atomic mass is 19.1. The van der Waals surface area contributed by atoms with Gasteiger partial charge in [-0.05, 0) is 37.0 Å². The van der Waals surface area contributed by atoms with Crippen molar-refractivity contribution in [1.82, 2.24) is 15.4 Å². The highest BCUT2D eigenvalue weighted by molar-refractivity contribution is 5.24. The summed E-state index contributed by atoms with van der Waals surface area (Å²) in [5.74, 6) is -0.140. The summed E-state index contributed by atoms with van der Waals surface area (Å²) in [6.07, 6.45) is 3.02. The van der Waals surface area contributed by atoms with Crippen molar-refractivity contribution >= 4 is 0 Å². The van der Waals surface area contributed by atoms with Crippen LogP contribution >= 0.6 is 0 Å². The van der Waals surface area contributed by atoms with E-state index in [2.05, 4.69) is 15.4 Å². The Morgan fingerprint density at radius 3 is 2.87 bits per heavy atom. The normalized spacial score (nSPS) is 10.5. The summed E-state index contributed by atoms with van der Waals surface area (Å²) in [6.45, 7) is 1.88. The highest BCUT2D eigenvalue weighted by Gasteiger charge is 2.03. The highest BCUT2D eigenvalue weighted by Crippen LogP contribution is 2.12. The number of hydrogen-bond acceptors (Lipinski definition) is 2. The molecule has 0 fully saturated rings. The van der Waals surface area contributed by atoms with E-state index in [9.17, 15) is 4.39 Å². The molecule has 0 atom stereocenters. The second-order valence-electron chi connectivity index (χ2n) is 3.56. The molecule has 0 unspecified atom stereocenters. The molecule has 0 aliphatic carbocycles. The third-order valence-corrected chi connectivity index (χ3v) is 2.32. The van der Waals surface area contributed by atoms with Crippen molar-refractivity contribution < 1.29 is 4.39 Å². The largest absolute Gasteiger partial charge is 0.207 e. The number of aryl methyl sites for hydroxylation is 3. The zero-order valence-corrected chi connectivity index (χ0v) is 8.50. The maximum Gasteiger partial charge on any atom is 0.126 e. The predicted octanol–water partition coefficient (Wildman–Crippen LogP) is 2.04. The van der Waals surface area contributed by atoms with Crippen LogP contribution < -0.4 is 0 Å². The molecule has 0 spiro atoms. The molecule has 1 N–H and O–H groups in total. The Kier molecular flexibility index (Phi) is 2.76. The monoisotopic (exact) mass is 205 g/mol. The standard InChI is InChI=1S/C11H12FN3/c1-8-2-3-9(11(12)6-8)4-5-10-7-13-15-14-10/h2-3,6-7H,4-5H2,1H3,(H,13,14,15). The van der Waals surface area contributed by atoms with Gasteiger partial charge in [-0.2, -0.15) is 15.4 Å². The first kappa shape index (κ1) is 9.83. The van der Waals surface area contributed by atoms with Gasteiger partial charge in [-0.25, -0.2) is 4.39 Å². The molecule has 0 saturated carbocycles. The summed E-state index contributed by atoms with van der Waals surface area (Å²) >= 11 is 0. The van der Waals surface area contributed by atoms with Gasteiger partial charge in [0, 0.05) is 0 Å². The number of aromatic amines is 1. The number of rotatable bonds is 3. The van der Waals surface area contributed by atoms with Crippen LogP contribution in [0.1, 0.15) is 16.8 Å². The van der Waals surface area contributed by atoms with Crippen molar-refractivity contribution in [2.24, 2.45) is 0 Å². The summed E-state index contributed by atoms with van der Waals surface area (Å²) in [4.78, 5) is 0. The van der Waals surface area contributed by atoms with E-state index in [1.54, 1.807) is 12.3 Å². The molecular weight excluding hydrogens is 193 g/mol. The molecule has 1 aromatic heterocycles. The molecule has 0 amide bonds. The lowest BCUT2D eigenvalue weighted by atomic mass is 10.1. The van der Waals surface area contributed by atoms with Gasteiger partial charge in [-0.1, -0.05) is 12.1 Å². The van der Waals surface area contributed by atoms with Gasteiger partial charge in [0.05, 0.1) is 11.9 Å². The van der Waals surface area contributed by atoms with Crippen LogP contribution in [0.4, 0.5) is 4.39 Å². The Labute approximate surface area is 87.3 Å². The zero-order valence-electron chi connectivity index (χ0n) is 8.50. The summed E-state index contributed by atoms with van der Waals surface area (Å²) in [6, 6.07) is 5.30. The van der Waals surface area contributed by atoms with E-state index in [-0.39, 0.29) is 5.82 Å². The van der Waals surface area contributed by atoms with Crippen LogP contribution in [0.3, 0.4) is 0 Å². The maximum absolute atomic E-state index is 13.4. The fourth-order valence-corrected chi connectivity index (χ4v) is 1.46. The molecule has 4 heteroatoms. The van der Waals surface area contributed by atoms with E-state index in [0.717, 1.165) is 16.8 Å². The number of nitrogens with one attached hydrogen (secondary N) is 1. The second-order valence-corrected chi connectivity index (χ2v) is 3.56. The minimum absolute atomic E-state index is 0.140. The Balaban J connectivity index is 2.05. The number of hydrogen-bond donors (Lipinski definition) is 1. The molecule has 2 rings (SSSR count). The first-order valence-electron chi connectivity index (χ1n) is 4.85. The van der Waals surface area contributed by atoms with Crippen LogP contribution in [0.5, 0.6) is 0 Å². The lowest BCUT2D eigenvalue weighted by molar-refractivity contribution is 0.607. The average molecular weight is 205 g/mol. The summed E-state index contributed by atoms with van der Waals surface area (Å²) < 4.78 is 13.4. The van der Waals surface area contributed by atoms with Crippen LogP contribution in [0.2, 0.25) is 0 Å². The Bertz CT molecular complexity index is 437. The van der Waals surface area contributed by atoms with Crippen molar-refractivity contribution in [1.29, 1.82) is 0 Å². The molecule has 3 nitrogen and oxygen atoms in total. The molecule has 0 aliphatic heterocycles. The van der Waals surface area contributed by atoms with Gasteiger partial charge in [0.25, 0.3) is 0 Å². The van der Waals surface area contributed by atoms with Gasteiger partial charge in [-0.15, -0.1) is 0 Å². The van der Waals surface area contributed by atoms with Crippen molar-refractivity contribution in [2.75, 3.05) is 0 Å². The maximum atomic E-state index is 13.4. The van der Waals surface area contributed by atoms with Crippen LogP contribution in [-0.2, 0) is 12.8 Å². The lowest BCUT2D eigenvalue weighted by Gasteiger charge is -2.02. The van der Waals surface area contributed by atoms with Crippen LogP contribution in [0.25, 0.3) is 0 Å². The van der Waals surface area contributed by atoms with Crippen molar-refractivity contribution in [3.05, 3.63) is 47.0 Å². The third kappa shape index (κ3) is 2.40. The minimum Gasteiger partial charge on any atom is -0.207 e. The summed E-state index contributed by atoms with van der Waals surface area (Å²) in [7, 11) is 0. The molecule has 78 valence electrons. The molecule has 1 aromatic carbocycles. The summed E-state index contributed by atoms with van der Waals surface area (Å²) in [5.41, 5.74) is 2.52. The van der Waals surface area contributed by atoms with Gasteiger partial charge in [0.15, 0.2) is 0 Å². The van der Waals surface area contributed by atoms with Gasteiger partial charge >= 0.3 is 0 Å².